The molecule has 4 nitrogen and oxygen atoms in total. The highest BCUT2D eigenvalue weighted by Crippen LogP contribution is 2.18. The van der Waals surface area contributed by atoms with Gasteiger partial charge in [-0.2, -0.15) is 5.10 Å². The highest BCUT2D eigenvalue weighted by Gasteiger charge is 2.06. The molecule has 4 heteroatoms. The van der Waals surface area contributed by atoms with Crippen molar-refractivity contribution in [1.82, 2.24) is 14.6 Å². The van der Waals surface area contributed by atoms with E-state index in [4.69, 9.17) is 0 Å². The lowest BCUT2D eigenvalue weighted by Crippen LogP contribution is -1.92. The Hall–Kier alpha value is -2.36. The smallest absolute Gasteiger partial charge is 0.156 e. The number of aromatic nitrogens is 3. The molecule has 0 unspecified atom stereocenters. The van der Waals surface area contributed by atoms with Gasteiger partial charge in [0.15, 0.2) is 11.5 Å². The predicted molar refractivity (Wildman–Crippen MR) is 63.9 cm³/mol. The zero-order chi connectivity index (χ0) is 11.7. The number of aromatic hydroxyl groups is 1. The van der Waals surface area contributed by atoms with Crippen molar-refractivity contribution in [3.05, 3.63) is 60.0 Å². The molecule has 3 aromatic rings. The van der Waals surface area contributed by atoms with Gasteiger partial charge in [-0.3, -0.25) is 0 Å². The lowest BCUT2D eigenvalue weighted by Gasteiger charge is -1.99. The molecule has 0 aliphatic rings. The van der Waals surface area contributed by atoms with E-state index >= 15 is 0 Å². The molecule has 0 aliphatic carbocycles. The molecular formula is C13H11N3O. The number of hydrogen-bond donors (Lipinski definition) is 1. The first-order chi connectivity index (χ1) is 8.33. The average Bonchev–Trinajstić information content (AvgIpc) is 2.74. The Bertz CT molecular complexity index is 627. The van der Waals surface area contributed by atoms with Crippen LogP contribution < -0.4 is 0 Å². The third-order valence-electron chi connectivity index (χ3n) is 2.63. The summed E-state index contributed by atoms with van der Waals surface area (Å²) in [5.41, 5.74) is 1.65. The van der Waals surface area contributed by atoms with E-state index in [9.17, 15) is 5.11 Å². The van der Waals surface area contributed by atoms with Crippen LogP contribution in [0.25, 0.3) is 5.65 Å². The SMILES string of the molecule is Oc1ccccc1Cc1nc2ccccn2n1. The number of pyridine rings is 1. The van der Waals surface area contributed by atoms with Gasteiger partial charge < -0.3 is 5.11 Å². The Labute approximate surface area is 98.2 Å². The van der Waals surface area contributed by atoms with Gasteiger partial charge in [-0.25, -0.2) is 9.50 Å². The van der Waals surface area contributed by atoms with Crippen molar-refractivity contribution in [3.63, 3.8) is 0 Å². The van der Waals surface area contributed by atoms with Gasteiger partial charge >= 0.3 is 0 Å². The third-order valence-corrected chi connectivity index (χ3v) is 2.63. The van der Waals surface area contributed by atoms with E-state index in [1.807, 2.05) is 36.5 Å². The molecule has 0 radical (unpaired) electrons. The van der Waals surface area contributed by atoms with Gasteiger partial charge in [-0.15, -0.1) is 0 Å². The Morgan fingerprint density at radius 1 is 1.06 bits per heavy atom. The zero-order valence-electron chi connectivity index (χ0n) is 9.11. The molecule has 0 bridgehead atoms. The number of phenolic OH excluding ortho intramolecular Hbond substituents is 1. The highest BCUT2D eigenvalue weighted by molar-refractivity contribution is 5.39. The predicted octanol–water partition coefficient (Wildman–Crippen LogP) is 2.03. The molecule has 0 spiro atoms. The molecule has 84 valence electrons. The van der Waals surface area contributed by atoms with Crippen LogP contribution in [0.1, 0.15) is 11.4 Å². The summed E-state index contributed by atoms with van der Waals surface area (Å²) in [6.07, 6.45) is 2.39. The molecule has 0 saturated carbocycles. The summed E-state index contributed by atoms with van der Waals surface area (Å²) in [5, 5.41) is 14.0. The maximum atomic E-state index is 9.68. The molecule has 1 N–H and O–H groups in total. The van der Waals surface area contributed by atoms with Crippen molar-refractivity contribution in [2.75, 3.05) is 0 Å². The lowest BCUT2D eigenvalue weighted by molar-refractivity contribution is 0.469. The van der Waals surface area contributed by atoms with Crippen molar-refractivity contribution in [1.29, 1.82) is 0 Å². The minimum absolute atomic E-state index is 0.284. The minimum atomic E-state index is 0.284. The van der Waals surface area contributed by atoms with E-state index in [1.165, 1.54) is 0 Å². The Balaban J connectivity index is 1.98. The quantitative estimate of drug-likeness (QED) is 0.726. The van der Waals surface area contributed by atoms with Crippen LogP contribution in [0.4, 0.5) is 0 Å². The second-order valence-electron chi connectivity index (χ2n) is 3.84. The van der Waals surface area contributed by atoms with Crippen LogP contribution in [0.3, 0.4) is 0 Å². The van der Waals surface area contributed by atoms with Gasteiger partial charge in [-0.1, -0.05) is 24.3 Å². The topological polar surface area (TPSA) is 50.4 Å². The molecule has 2 aromatic heterocycles. The van der Waals surface area contributed by atoms with Crippen LogP contribution in [0, 0.1) is 0 Å². The van der Waals surface area contributed by atoms with Crippen molar-refractivity contribution in [2.45, 2.75) is 6.42 Å². The fraction of sp³-hybridized carbons (Fsp3) is 0.0769. The molecule has 0 fully saturated rings. The first kappa shape index (κ1) is 9.84. The summed E-state index contributed by atoms with van der Waals surface area (Å²) in [4.78, 5) is 4.39. The lowest BCUT2D eigenvalue weighted by atomic mass is 10.1. The summed E-state index contributed by atoms with van der Waals surface area (Å²) >= 11 is 0. The Kier molecular flexibility index (Phi) is 2.26. The number of para-hydroxylation sites is 1. The first-order valence-corrected chi connectivity index (χ1v) is 5.40. The molecule has 0 aliphatic heterocycles. The summed E-state index contributed by atoms with van der Waals surface area (Å²) in [6, 6.07) is 13.0. The number of benzene rings is 1. The normalized spacial score (nSPS) is 10.8. The van der Waals surface area contributed by atoms with Gasteiger partial charge in [0.05, 0.1) is 0 Å². The van der Waals surface area contributed by atoms with Crippen LogP contribution in [-0.2, 0) is 6.42 Å². The molecule has 3 rings (SSSR count). The van der Waals surface area contributed by atoms with E-state index in [2.05, 4.69) is 10.1 Å². The molecule has 2 heterocycles. The standard InChI is InChI=1S/C13H11N3O/c17-11-6-2-1-5-10(11)9-12-14-13-7-3-4-8-16(13)15-12/h1-8,17H,9H2. The molecule has 0 amide bonds. The fourth-order valence-corrected chi connectivity index (χ4v) is 1.78. The van der Waals surface area contributed by atoms with Crippen LogP contribution in [-0.4, -0.2) is 19.7 Å². The van der Waals surface area contributed by atoms with Gasteiger partial charge in [0.25, 0.3) is 0 Å². The van der Waals surface area contributed by atoms with Crippen molar-refractivity contribution in [3.8, 4) is 5.75 Å². The summed E-state index contributed by atoms with van der Waals surface area (Å²) in [7, 11) is 0. The number of hydrogen-bond acceptors (Lipinski definition) is 3. The molecule has 0 saturated heterocycles. The van der Waals surface area contributed by atoms with Crippen LogP contribution >= 0.6 is 0 Å². The monoisotopic (exact) mass is 225 g/mol. The number of fused-ring (bicyclic) bond motifs is 1. The Morgan fingerprint density at radius 2 is 1.88 bits per heavy atom. The average molecular weight is 225 g/mol. The Morgan fingerprint density at radius 3 is 2.71 bits per heavy atom. The van der Waals surface area contributed by atoms with E-state index in [1.54, 1.807) is 16.6 Å². The van der Waals surface area contributed by atoms with Crippen molar-refractivity contribution < 1.29 is 5.11 Å². The van der Waals surface area contributed by atoms with Gasteiger partial charge in [0.1, 0.15) is 5.75 Å². The molecular weight excluding hydrogens is 214 g/mol. The van der Waals surface area contributed by atoms with E-state index < -0.39 is 0 Å². The molecule has 1 aromatic carbocycles. The van der Waals surface area contributed by atoms with Crippen LogP contribution in [0.5, 0.6) is 5.75 Å². The van der Waals surface area contributed by atoms with Gasteiger partial charge in [0, 0.05) is 18.2 Å². The molecule has 17 heavy (non-hydrogen) atoms. The van der Waals surface area contributed by atoms with Crippen LogP contribution in [0.15, 0.2) is 48.7 Å². The summed E-state index contributed by atoms with van der Waals surface area (Å²) < 4.78 is 1.73. The largest absolute Gasteiger partial charge is 0.508 e. The second-order valence-corrected chi connectivity index (χ2v) is 3.84. The summed E-state index contributed by atoms with van der Waals surface area (Å²) in [6.45, 7) is 0. The molecule has 0 atom stereocenters. The van der Waals surface area contributed by atoms with Crippen LogP contribution in [0.2, 0.25) is 0 Å². The van der Waals surface area contributed by atoms with Crippen molar-refractivity contribution in [2.24, 2.45) is 0 Å². The zero-order valence-corrected chi connectivity index (χ0v) is 9.11. The fourth-order valence-electron chi connectivity index (χ4n) is 1.78. The summed E-state index contributed by atoms with van der Waals surface area (Å²) in [5.74, 6) is 0.990. The van der Waals surface area contributed by atoms with Gasteiger partial charge in [-0.05, 0) is 18.2 Å². The maximum Gasteiger partial charge on any atom is 0.156 e. The van der Waals surface area contributed by atoms with E-state index in [-0.39, 0.29) is 5.75 Å². The second kappa shape index (κ2) is 3.90. The number of phenols is 1. The maximum absolute atomic E-state index is 9.68. The first-order valence-electron chi connectivity index (χ1n) is 5.40. The van der Waals surface area contributed by atoms with E-state index in [0.29, 0.717) is 12.2 Å². The van der Waals surface area contributed by atoms with Gasteiger partial charge in [0.2, 0.25) is 0 Å². The minimum Gasteiger partial charge on any atom is -0.508 e. The van der Waals surface area contributed by atoms with Crippen molar-refractivity contribution >= 4 is 5.65 Å². The van der Waals surface area contributed by atoms with E-state index in [0.717, 1.165) is 11.2 Å². The highest BCUT2D eigenvalue weighted by atomic mass is 16.3. The number of nitrogens with zero attached hydrogens (tertiary/aromatic N) is 3. The third kappa shape index (κ3) is 1.85. The number of rotatable bonds is 2.